The summed E-state index contributed by atoms with van der Waals surface area (Å²) >= 11 is 7.40. The van der Waals surface area contributed by atoms with Gasteiger partial charge in [0.15, 0.2) is 6.61 Å². The number of rotatable bonds is 5. The van der Waals surface area contributed by atoms with Crippen LogP contribution in [0.3, 0.4) is 0 Å². The number of halogens is 1. The van der Waals surface area contributed by atoms with Crippen LogP contribution in [0.4, 0.5) is 0 Å². The molecule has 0 saturated heterocycles. The molecule has 2 rings (SSSR count). The smallest absolute Gasteiger partial charge is 0.276 e. The van der Waals surface area contributed by atoms with Crippen LogP contribution in [0.2, 0.25) is 5.02 Å². The third kappa shape index (κ3) is 5.23. The summed E-state index contributed by atoms with van der Waals surface area (Å²) in [6, 6.07) is 10.6. The Hall–Kier alpha value is -2.31. The lowest BCUT2D eigenvalue weighted by Gasteiger charge is -2.08. The number of hydrazine groups is 1. The standard InChI is InChI=1S/C15H13ClN2O3S/c16-12-5-1-2-6-13(12)21-10-15(20)18-17-14(19)8-7-11-4-3-9-22-11/h1-9H,10H2,(H,17,19)(H,18,20)/b8-7+. The van der Waals surface area contributed by atoms with E-state index < -0.39 is 11.8 Å². The van der Waals surface area contributed by atoms with Crippen molar-refractivity contribution in [2.24, 2.45) is 0 Å². The summed E-state index contributed by atoms with van der Waals surface area (Å²) in [5, 5.41) is 2.32. The van der Waals surface area contributed by atoms with Crippen molar-refractivity contribution in [2.45, 2.75) is 0 Å². The van der Waals surface area contributed by atoms with Gasteiger partial charge in [0.25, 0.3) is 11.8 Å². The van der Waals surface area contributed by atoms with Gasteiger partial charge >= 0.3 is 0 Å². The lowest BCUT2D eigenvalue weighted by molar-refractivity contribution is -0.128. The summed E-state index contributed by atoms with van der Waals surface area (Å²) in [5.41, 5.74) is 4.51. The van der Waals surface area contributed by atoms with Crippen LogP contribution in [0.25, 0.3) is 6.08 Å². The van der Waals surface area contributed by atoms with Gasteiger partial charge in [-0.25, -0.2) is 0 Å². The van der Waals surface area contributed by atoms with Crippen molar-refractivity contribution in [2.75, 3.05) is 6.61 Å². The summed E-state index contributed by atoms with van der Waals surface area (Å²) in [7, 11) is 0. The molecule has 7 heteroatoms. The van der Waals surface area contributed by atoms with Crippen LogP contribution < -0.4 is 15.6 Å². The molecule has 0 radical (unpaired) electrons. The molecule has 0 unspecified atom stereocenters. The zero-order valence-electron chi connectivity index (χ0n) is 11.4. The first-order valence-corrected chi connectivity index (χ1v) is 7.58. The van der Waals surface area contributed by atoms with Crippen LogP contribution in [-0.2, 0) is 9.59 Å². The monoisotopic (exact) mass is 336 g/mol. The highest BCUT2D eigenvalue weighted by Gasteiger charge is 2.05. The van der Waals surface area contributed by atoms with Gasteiger partial charge in [0.2, 0.25) is 0 Å². The topological polar surface area (TPSA) is 67.4 Å². The molecule has 0 spiro atoms. The van der Waals surface area contributed by atoms with E-state index in [-0.39, 0.29) is 6.61 Å². The Morgan fingerprint density at radius 3 is 2.73 bits per heavy atom. The fourth-order valence-corrected chi connectivity index (χ4v) is 2.27. The maximum atomic E-state index is 11.5. The van der Waals surface area contributed by atoms with Gasteiger partial charge < -0.3 is 4.74 Å². The van der Waals surface area contributed by atoms with Gasteiger partial charge in [-0.05, 0) is 29.7 Å². The molecule has 0 bridgehead atoms. The molecule has 1 aromatic heterocycles. The highest BCUT2D eigenvalue weighted by molar-refractivity contribution is 7.10. The summed E-state index contributed by atoms with van der Waals surface area (Å²) in [6.45, 7) is -0.251. The fourth-order valence-electron chi connectivity index (χ4n) is 1.46. The SMILES string of the molecule is O=C(/C=C/c1cccs1)NNC(=O)COc1ccccc1Cl. The van der Waals surface area contributed by atoms with Crippen LogP contribution in [-0.4, -0.2) is 18.4 Å². The van der Waals surface area contributed by atoms with E-state index in [2.05, 4.69) is 10.9 Å². The second kappa shape index (κ2) is 8.21. The van der Waals surface area contributed by atoms with Gasteiger partial charge in [0.1, 0.15) is 5.75 Å². The predicted octanol–water partition coefficient (Wildman–Crippen LogP) is 2.64. The number of benzene rings is 1. The van der Waals surface area contributed by atoms with Crippen molar-refractivity contribution in [1.29, 1.82) is 0 Å². The molecule has 5 nitrogen and oxygen atoms in total. The van der Waals surface area contributed by atoms with Gasteiger partial charge in [-0.3, -0.25) is 20.4 Å². The average molecular weight is 337 g/mol. The van der Waals surface area contributed by atoms with E-state index in [1.54, 1.807) is 30.3 Å². The number of carbonyl (C=O) groups excluding carboxylic acids is 2. The summed E-state index contributed by atoms with van der Waals surface area (Å²) in [4.78, 5) is 24.0. The van der Waals surface area contributed by atoms with E-state index in [1.807, 2.05) is 17.5 Å². The lowest BCUT2D eigenvalue weighted by atomic mass is 10.3. The van der Waals surface area contributed by atoms with Gasteiger partial charge in [-0.15, -0.1) is 11.3 Å². The number of para-hydroxylation sites is 1. The third-order valence-corrected chi connectivity index (χ3v) is 3.61. The molecule has 1 heterocycles. The molecule has 2 amide bonds. The Morgan fingerprint density at radius 1 is 1.18 bits per heavy atom. The summed E-state index contributed by atoms with van der Waals surface area (Å²) in [6.07, 6.45) is 2.99. The number of ether oxygens (including phenoxy) is 1. The number of nitrogens with one attached hydrogen (secondary N) is 2. The summed E-state index contributed by atoms with van der Waals surface area (Å²) in [5.74, 6) is -0.513. The molecule has 0 fully saturated rings. The van der Waals surface area contributed by atoms with Crippen molar-refractivity contribution in [3.05, 3.63) is 57.8 Å². The minimum absolute atomic E-state index is 0.251. The number of hydrogen-bond donors (Lipinski definition) is 2. The van der Waals surface area contributed by atoms with E-state index in [0.29, 0.717) is 10.8 Å². The normalized spacial score (nSPS) is 10.4. The van der Waals surface area contributed by atoms with E-state index in [4.69, 9.17) is 16.3 Å². The molecule has 2 N–H and O–H groups in total. The number of hydrogen-bond acceptors (Lipinski definition) is 4. The number of amides is 2. The predicted molar refractivity (Wildman–Crippen MR) is 86.6 cm³/mol. The van der Waals surface area contributed by atoms with Crippen LogP contribution >= 0.6 is 22.9 Å². The van der Waals surface area contributed by atoms with Gasteiger partial charge in [0, 0.05) is 11.0 Å². The third-order valence-electron chi connectivity index (χ3n) is 2.46. The van der Waals surface area contributed by atoms with Crippen LogP contribution in [0, 0.1) is 0 Å². The molecular weight excluding hydrogens is 324 g/mol. The minimum Gasteiger partial charge on any atom is -0.482 e. The maximum absolute atomic E-state index is 11.5. The van der Waals surface area contributed by atoms with Crippen LogP contribution in [0.1, 0.15) is 4.88 Å². The lowest BCUT2D eigenvalue weighted by Crippen LogP contribution is -2.43. The van der Waals surface area contributed by atoms with E-state index in [9.17, 15) is 9.59 Å². The Kier molecular flexibility index (Phi) is 6.00. The zero-order valence-corrected chi connectivity index (χ0v) is 13.0. The van der Waals surface area contributed by atoms with E-state index in [0.717, 1.165) is 4.88 Å². The fraction of sp³-hybridized carbons (Fsp3) is 0.0667. The maximum Gasteiger partial charge on any atom is 0.276 e. The zero-order chi connectivity index (χ0) is 15.8. The average Bonchev–Trinajstić information content (AvgIpc) is 3.03. The van der Waals surface area contributed by atoms with Crippen LogP contribution in [0.15, 0.2) is 47.9 Å². The molecule has 1 aromatic carbocycles. The second-order valence-electron chi connectivity index (χ2n) is 4.11. The first-order chi connectivity index (χ1) is 10.6. The summed E-state index contributed by atoms with van der Waals surface area (Å²) < 4.78 is 5.24. The Morgan fingerprint density at radius 2 is 2.00 bits per heavy atom. The van der Waals surface area contributed by atoms with Crippen molar-refractivity contribution < 1.29 is 14.3 Å². The van der Waals surface area contributed by atoms with Crippen molar-refractivity contribution in [3.63, 3.8) is 0 Å². The number of thiophene rings is 1. The van der Waals surface area contributed by atoms with Gasteiger partial charge in [-0.1, -0.05) is 29.8 Å². The Balaban J connectivity index is 1.71. The van der Waals surface area contributed by atoms with Gasteiger partial charge in [0.05, 0.1) is 5.02 Å². The van der Waals surface area contributed by atoms with E-state index >= 15 is 0 Å². The second-order valence-corrected chi connectivity index (χ2v) is 5.49. The first-order valence-electron chi connectivity index (χ1n) is 6.33. The van der Waals surface area contributed by atoms with Crippen LogP contribution in [0.5, 0.6) is 5.75 Å². The Bertz CT molecular complexity index is 671. The van der Waals surface area contributed by atoms with Crippen molar-refractivity contribution >= 4 is 40.8 Å². The molecule has 0 aliphatic rings. The Labute approximate surface area is 136 Å². The molecule has 22 heavy (non-hydrogen) atoms. The van der Waals surface area contributed by atoms with E-state index in [1.165, 1.54) is 17.4 Å². The molecule has 0 aliphatic carbocycles. The largest absolute Gasteiger partial charge is 0.482 e. The molecule has 0 saturated carbocycles. The van der Waals surface area contributed by atoms with Crippen molar-refractivity contribution in [1.82, 2.24) is 10.9 Å². The molecule has 114 valence electrons. The minimum atomic E-state index is -0.488. The first kappa shape index (κ1) is 16.1. The quantitative estimate of drug-likeness (QED) is 0.651. The highest BCUT2D eigenvalue weighted by atomic mass is 35.5. The van der Waals surface area contributed by atoms with Crippen molar-refractivity contribution in [3.8, 4) is 5.75 Å². The highest BCUT2D eigenvalue weighted by Crippen LogP contribution is 2.22. The number of carbonyl (C=O) groups is 2. The molecule has 2 aromatic rings. The molecule has 0 aliphatic heterocycles. The van der Waals surface area contributed by atoms with Gasteiger partial charge in [-0.2, -0.15) is 0 Å². The molecular formula is C15H13ClN2O3S. The molecule has 0 atom stereocenters.